The van der Waals surface area contributed by atoms with Gasteiger partial charge in [0, 0.05) is 30.1 Å². The van der Waals surface area contributed by atoms with Crippen molar-refractivity contribution in [3.8, 4) is 16.9 Å². The van der Waals surface area contributed by atoms with E-state index in [0.717, 1.165) is 16.7 Å². The molecule has 8 heteroatoms. The Kier molecular flexibility index (Phi) is 9.10. The highest BCUT2D eigenvalue weighted by molar-refractivity contribution is 6.09. The molecule has 5 aromatic rings. The molecule has 1 N–H and O–H groups in total. The Labute approximate surface area is 255 Å². The second-order valence-electron chi connectivity index (χ2n) is 10.1. The largest absolute Gasteiger partial charge is 0.485 e. The zero-order valence-corrected chi connectivity index (χ0v) is 24.6. The van der Waals surface area contributed by atoms with Gasteiger partial charge in [0.2, 0.25) is 0 Å². The summed E-state index contributed by atoms with van der Waals surface area (Å²) in [5, 5.41) is 2.95. The van der Waals surface area contributed by atoms with E-state index in [0.29, 0.717) is 39.5 Å². The maximum Gasteiger partial charge on any atom is 0.339 e. The number of para-hydroxylation sites is 2. The summed E-state index contributed by atoms with van der Waals surface area (Å²) in [7, 11) is 2.99. The van der Waals surface area contributed by atoms with Crippen LogP contribution in [-0.2, 0) is 11.3 Å². The average Bonchev–Trinajstić information content (AvgIpc) is 3.07. The molecule has 0 saturated carbocycles. The van der Waals surface area contributed by atoms with Crippen LogP contribution in [0.15, 0.2) is 115 Å². The first-order chi connectivity index (χ1) is 21.3. The van der Waals surface area contributed by atoms with E-state index in [2.05, 4.69) is 10.3 Å². The molecule has 1 heterocycles. The van der Waals surface area contributed by atoms with E-state index in [1.807, 2.05) is 61.5 Å². The fraction of sp³-hybridized carbons (Fsp3) is 0.111. The van der Waals surface area contributed by atoms with Gasteiger partial charge in [0.05, 0.1) is 24.1 Å². The molecule has 5 rings (SSSR count). The predicted octanol–water partition coefficient (Wildman–Crippen LogP) is 6.95. The summed E-state index contributed by atoms with van der Waals surface area (Å²) in [6, 6.07) is 32.8. The average molecular weight is 586 g/mol. The van der Waals surface area contributed by atoms with E-state index in [9.17, 15) is 14.4 Å². The Morgan fingerprint density at radius 2 is 1.48 bits per heavy atom. The number of pyridine rings is 1. The van der Waals surface area contributed by atoms with E-state index in [1.54, 1.807) is 61.6 Å². The number of nitrogens with one attached hydrogen (secondary N) is 1. The lowest BCUT2D eigenvalue weighted by Gasteiger charge is -2.21. The molecule has 220 valence electrons. The minimum atomic E-state index is -0.464. The van der Waals surface area contributed by atoms with Crippen molar-refractivity contribution in [2.24, 2.45) is 0 Å². The van der Waals surface area contributed by atoms with Crippen molar-refractivity contribution in [1.29, 1.82) is 0 Å². The fourth-order valence-electron chi connectivity index (χ4n) is 4.62. The summed E-state index contributed by atoms with van der Waals surface area (Å²) < 4.78 is 10.7. The van der Waals surface area contributed by atoms with Gasteiger partial charge in [-0.1, -0.05) is 60.2 Å². The zero-order valence-electron chi connectivity index (χ0n) is 24.6. The van der Waals surface area contributed by atoms with Gasteiger partial charge < -0.3 is 19.7 Å². The predicted molar refractivity (Wildman–Crippen MR) is 170 cm³/mol. The number of esters is 1. The smallest absolute Gasteiger partial charge is 0.339 e. The number of methoxy groups -OCH3 is 1. The number of hydrogen-bond acceptors (Lipinski definition) is 6. The van der Waals surface area contributed by atoms with Crippen LogP contribution in [0.25, 0.3) is 11.1 Å². The molecule has 0 fully saturated rings. The summed E-state index contributed by atoms with van der Waals surface area (Å²) in [4.78, 5) is 44.0. The van der Waals surface area contributed by atoms with Crippen LogP contribution in [0, 0.1) is 6.92 Å². The van der Waals surface area contributed by atoms with Crippen molar-refractivity contribution >= 4 is 29.2 Å². The van der Waals surface area contributed by atoms with Crippen LogP contribution in [0.1, 0.15) is 42.3 Å². The van der Waals surface area contributed by atoms with Gasteiger partial charge in [0.15, 0.2) is 0 Å². The fourth-order valence-corrected chi connectivity index (χ4v) is 4.62. The Morgan fingerprint density at radius 3 is 2.18 bits per heavy atom. The molecule has 0 aliphatic heterocycles. The standard InChI is InChI=1S/C36H31N3O5/c1-24-12-14-25(15-13-24)30-8-4-5-9-31(30)34(40)38-28-19-16-26(17-20-28)35(41)39(2)32-10-6-7-11-33(32)44-23-29-21-18-27(22-37-29)36(42)43-3/h4-22H,23H2,1-3H3,(H,38,40). The molecule has 4 aromatic carbocycles. The lowest BCUT2D eigenvalue weighted by molar-refractivity contribution is 0.0600. The van der Waals surface area contributed by atoms with Crippen molar-refractivity contribution < 1.29 is 23.9 Å². The minimum absolute atomic E-state index is 0.141. The van der Waals surface area contributed by atoms with Crippen LogP contribution in [-0.4, -0.2) is 36.9 Å². The van der Waals surface area contributed by atoms with Gasteiger partial charge in [-0.2, -0.15) is 0 Å². The van der Waals surface area contributed by atoms with Gasteiger partial charge in [-0.15, -0.1) is 0 Å². The number of carbonyl (C=O) groups excluding carboxylic acids is 3. The summed E-state index contributed by atoms with van der Waals surface area (Å²) in [5.41, 5.74) is 6.06. The number of carbonyl (C=O) groups is 3. The first-order valence-corrected chi connectivity index (χ1v) is 13.9. The van der Waals surface area contributed by atoms with Gasteiger partial charge in [0.25, 0.3) is 11.8 Å². The van der Waals surface area contributed by atoms with Crippen LogP contribution in [0.2, 0.25) is 0 Å². The van der Waals surface area contributed by atoms with Crippen molar-refractivity contribution in [3.63, 3.8) is 0 Å². The highest BCUT2D eigenvalue weighted by Crippen LogP contribution is 2.29. The third-order valence-corrected chi connectivity index (χ3v) is 7.08. The Morgan fingerprint density at radius 1 is 0.795 bits per heavy atom. The molecule has 0 atom stereocenters. The number of ether oxygens (including phenoxy) is 2. The van der Waals surface area contributed by atoms with Crippen LogP contribution in [0.4, 0.5) is 11.4 Å². The van der Waals surface area contributed by atoms with Crippen molar-refractivity contribution in [2.45, 2.75) is 13.5 Å². The Bertz CT molecular complexity index is 1780. The van der Waals surface area contributed by atoms with Crippen LogP contribution >= 0.6 is 0 Å². The molecule has 0 spiro atoms. The van der Waals surface area contributed by atoms with Crippen LogP contribution in [0.3, 0.4) is 0 Å². The van der Waals surface area contributed by atoms with Gasteiger partial charge in [0.1, 0.15) is 12.4 Å². The van der Waals surface area contributed by atoms with E-state index < -0.39 is 5.97 Å². The van der Waals surface area contributed by atoms with E-state index in [-0.39, 0.29) is 18.4 Å². The second kappa shape index (κ2) is 13.5. The molecule has 0 aliphatic rings. The van der Waals surface area contributed by atoms with Crippen LogP contribution < -0.4 is 15.0 Å². The third-order valence-electron chi connectivity index (χ3n) is 7.08. The normalized spacial score (nSPS) is 10.5. The lowest BCUT2D eigenvalue weighted by Crippen LogP contribution is -2.26. The molecule has 2 amide bonds. The molecule has 44 heavy (non-hydrogen) atoms. The Hall–Kier alpha value is -5.76. The van der Waals surface area contributed by atoms with Gasteiger partial charge in [-0.25, -0.2) is 4.79 Å². The number of anilines is 2. The number of amides is 2. The molecule has 0 bridgehead atoms. The van der Waals surface area contributed by atoms with Crippen molar-refractivity contribution in [3.05, 3.63) is 143 Å². The van der Waals surface area contributed by atoms with Gasteiger partial charge in [-0.3, -0.25) is 14.6 Å². The van der Waals surface area contributed by atoms with Crippen molar-refractivity contribution in [1.82, 2.24) is 4.98 Å². The number of hydrogen-bond donors (Lipinski definition) is 1. The molecule has 1 aromatic heterocycles. The molecule has 0 radical (unpaired) electrons. The molecule has 0 unspecified atom stereocenters. The maximum absolute atomic E-state index is 13.4. The molecule has 0 aliphatic carbocycles. The first kappa shape index (κ1) is 29.7. The summed E-state index contributed by atoms with van der Waals surface area (Å²) >= 11 is 0. The van der Waals surface area contributed by atoms with Crippen LogP contribution in [0.5, 0.6) is 5.75 Å². The monoisotopic (exact) mass is 585 g/mol. The Balaban J connectivity index is 1.25. The quantitative estimate of drug-likeness (QED) is 0.188. The molecular formula is C36H31N3O5. The summed E-state index contributed by atoms with van der Waals surface area (Å²) in [5.74, 6) is -0.449. The zero-order chi connectivity index (χ0) is 31.1. The lowest BCUT2D eigenvalue weighted by atomic mass is 9.98. The van der Waals surface area contributed by atoms with Gasteiger partial charge >= 0.3 is 5.97 Å². The first-order valence-electron chi connectivity index (χ1n) is 13.9. The number of aryl methyl sites for hydroxylation is 1. The minimum Gasteiger partial charge on any atom is -0.485 e. The summed E-state index contributed by atoms with van der Waals surface area (Å²) in [6.07, 6.45) is 1.43. The highest BCUT2D eigenvalue weighted by atomic mass is 16.5. The maximum atomic E-state index is 13.4. The molecule has 8 nitrogen and oxygen atoms in total. The SMILES string of the molecule is COC(=O)c1ccc(COc2ccccc2N(C)C(=O)c2ccc(NC(=O)c3ccccc3-c3ccc(C)cc3)cc2)nc1. The third kappa shape index (κ3) is 6.82. The van der Waals surface area contributed by atoms with E-state index in [4.69, 9.17) is 9.47 Å². The van der Waals surface area contributed by atoms with E-state index >= 15 is 0 Å². The number of rotatable bonds is 9. The molecular weight excluding hydrogens is 554 g/mol. The number of benzene rings is 4. The number of nitrogens with zero attached hydrogens (tertiary/aromatic N) is 2. The van der Waals surface area contributed by atoms with E-state index in [1.165, 1.54) is 18.2 Å². The van der Waals surface area contributed by atoms with Crippen molar-refractivity contribution in [2.75, 3.05) is 24.4 Å². The number of aromatic nitrogens is 1. The van der Waals surface area contributed by atoms with Gasteiger partial charge in [-0.05, 0) is 72.6 Å². The summed E-state index contributed by atoms with van der Waals surface area (Å²) in [6.45, 7) is 2.16. The molecule has 0 saturated heterocycles. The second-order valence-corrected chi connectivity index (χ2v) is 10.1. The topological polar surface area (TPSA) is 97.8 Å². The highest BCUT2D eigenvalue weighted by Gasteiger charge is 2.18.